The lowest BCUT2D eigenvalue weighted by Crippen LogP contribution is -2.29. The Morgan fingerprint density at radius 3 is 1.82 bits per heavy atom. The molecule has 9 rings (SSSR count). The van der Waals surface area contributed by atoms with Crippen LogP contribution in [0.4, 0.5) is 28.4 Å². The van der Waals surface area contributed by atoms with E-state index in [9.17, 15) is 0 Å². The Hall–Kier alpha value is -5.86. The van der Waals surface area contributed by atoms with Crippen LogP contribution in [0.5, 0.6) is 0 Å². The minimum atomic E-state index is 0.0809. The highest BCUT2D eigenvalue weighted by molar-refractivity contribution is 6.20. The smallest absolute Gasteiger partial charge is 0.0552 e. The highest BCUT2D eigenvalue weighted by Crippen LogP contribution is 2.57. The molecule has 0 heterocycles. The van der Waals surface area contributed by atoms with Gasteiger partial charge in [-0.25, -0.2) is 0 Å². The summed E-state index contributed by atoms with van der Waals surface area (Å²) in [7, 11) is 0. The summed E-state index contributed by atoms with van der Waals surface area (Å²) in [6.45, 7) is 9.16. The van der Waals surface area contributed by atoms with Gasteiger partial charge in [0.2, 0.25) is 0 Å². The minimum absolute atomic E-state index is 0.0809. The molecule has 2 nitrogen and oxygen atoms in total. The van der Waals surface area contributed by atoms with Gasteiger partial charge in [-0.15, -0.1) is 0 Å². The number of anilines is 5. The van der Waals surface area contributed by atoms with Crippen LogP contribution >= 0.6 is 0 Å². The SMILES string of the molecule is C=Cc1cc(N(c2ccccc2)c2ccccc2)c2c(c1)cc(N(C1=C3c4ccccc4C(C)(C)C3CCC1)c1ccccc1)c1ccccc12. The normalized spacial score (nSPS) is 16.2. The van der Waals surface area contributed by atoms with Crippen LogP contribution in [-0.2, 0) is 5.41 Å². The van der Waals surface area contributed by atoms with Crippen molar-refractivity contribution in [3.63, 3.8) is 0 Å². The third-order valence-electron chi connectivity index (χ3n) is 11.3. The zero-order valence-electron chi connectivity index (χ0n) is 29.4. The van der Waals surface area contributed by atoms with Crippen LogP contribution < -0.4 is 9.80 Å². The Bertz CT molecular complexity index is 2400. The molecule has 248 valence electrons. The first-order valence-corrected chi connectivity index (χ1v) is 18.2. The van der Waals surface area contributed by atoms with Crippen molar-refractivity contribution in [2.24, 2.45) is 5.92 Å². The number of fused-ring (bicyclic) bond motifs is 6. The minimum Gasteiger partial charge on any atom is -0.313 e. The maximum Gasteiger partial charge on any atom is 0.0552 e. The molecule has 0 fully saturated rings. The number of nitrogens with zero attached hydrogens (tertiary/aromatic N) is 2. The molecule has 1 unspecified atom stereocenters. The van der Waals surface area contributed by atoms with Crippen LogP contribution in [0, 0.1) is 5.92 Å². The molecule has 1 atom stereocenters. The molecular formula is C49H42N2. The Morgan fingerprint density at radius 2 is 1.18 bits per heavy atom. The number of benzene rings is 7. The van der Waals surface area contributed by atoms with Crippen molar-refractivity contribution in [3.05, 3.63) is 187 Å². The van der Waals surface area contributed by atoms with E-state index in [-0.39, 0.29) is 5.41 Å². The van der Waals surface area contributed by atoms with E-state index >= 15 is 0 Å². The van der Waals surface area contributed by atoms with E-state index in [1.165, 1.54) is 68.2 Å². The van der Waals surface area contributed by atoms with Gasteiger partial charge in [-0.1, -0.05) is 130 Å². The summed E-state index contributed by atoms with van der Waals surface area (Å²) in [6, 6.07) is 57.7. The van der Waals surface area contributed by atoms with Gasteiger partial charge in [-0.05, 0) is 118 Å². The first-order valence-electron chi connectivity index (χ1n) is 18.2. The van der Waals surface area contributed by atoms with Gasteiger partial charge in [0.25, 0.3) is 0 Å². The van der Waals surface area contributed by atoms with Gasteiger partial charge in [0, 0.05) is 33.5 Å². The van der Waals surface area contributed by atoms with Gasteiger partial charge < -0.3 is 9.80 Å². The fourth-order valence-electron chi connectivity index (χ4n) is 9.02. The van der Waals surface area contributed by atoms with Crippen LogP contribution in [-0.4, -0.2) is 0 Å². The zero-order valence-corrected chi connectivity index (χ0v) is 29.4. The van der Waals surface area contributed by atoms with Gasteiger partial charge in [0.15, 0.2) is 0 Å². The van der Waals surface area contributed by atoms with Crippen LogP contribution in [0.1, 0.15) is 49.8 Å². The monoisotopic (exact) mass is 658 g/mol. The van der Waals surface area contributed by atoms with Crippen molar-refractivity contribution in [1.82, 2.24) is 0 Å². The third kappa shape index (κ3) is 5.09. The topological polar surface area (TPSA) is 6.48 Å². The van der Waals surface area contributed by atoms with E-state index in [0.717, 1.165) is 29.0 Å². The molecule has 51 heavy (non-hydrogen) atoms. The lowest BCUT2D eigenvalue weighted by molar-refractivity contribution is 0.371. The quantitative estimate of drug-likeness (QED) is 0.157. The van der Waals surface area contributed by atoms with Gasteiger partial charge in [0.1, 0.15) is 0 Å². The molecular weight excluding hydrogens is 617 g/mol. The molecule has 7 aromatic carbocycles. The van der Waals surface area contributed by atoms with Crippen molar-refractivity contribution in [3.8, 4) is 0 Å². The van der Waals surface area contributed by atoms with Gasteiger partial charge in [-0.2, -0.15) is 0 Å². The Balaban J connectivity index is 1.37. The summed E-state index contributed by atoms with van der Waals surface area (Å²) in [5.41, 5.74) is 12.8. The van der Waals surface area contributed by atoms with E-state index in [0.29, 0.717) is 5.92 Å². The molecule has 0 aromatic heterocycles. The number of hydrogen-bond acceptors (Lipinski definition) is 2. The Kier molecular flexibility index (Phi) is 7.62. The average molecular weight is 659 g/mol. The maximum atomic E-state index is 4.26. The lowest BCUT2D eigenvalue weighted by Gasteiger charge is -2.38. The molecule has 0 saturated carbocycles. The number of rotatable bonds is 7. The Morgan fingerprint density at radius 1 is 0.608 bits per heavy atom. The molecule has 7 aromatic rings. The van der Waals surface area contributed by atoms with Crippen molar-refractivity contribution in [2.75, 3.05) is 9.80 Å². The predicted octanol–water partition coefficient (Wildman–Crippen LogP) is 13.7. The second-order valence-electron chi connectivity index (χ2n) is 14.5. The maximum absolute atomic E-state index is 4.26. The van der Waals surface area contributed by atoms with Crippen molar-refractivity contribution < 1.29 is 0 Å². The Labute approximate surface area is 301 Å². The first-order chi connectivity index (χ1) is 25.0. The number of allylic oxidation sites excluding steroid dienone is 2. The molecule has 2 aliphatic rings. The molecule has 0 bridgehead atoms. The van der Waals surface area contributed by atoms with Gasteiger partial charge in [-0.3, -0.25) is 0 Å². The van der Waals surface area contributed by atoms with Crippen molar-refractivity contribution >= 4 is 61.6 Å². The highest BCUT2D eigenvalue weighted by Gasteiger charge is 2.46. The summed E-state index contributed by atoms with van der Waals surface area (Å²) in [5, 5.41) is 4.90. The average Bonchev–Trinajstić information content (AvgIpc) is 3.42. The fourth-order valence-corrected chi connectivity index (χ4v) is 9.02. The molecule has 2 heteroatoms. The van der Waals surface area contributed by atoms with Crippen LogP contribution in [0.2, 0.25) is 0 Å². The summed E-state index contributed by atoms with van der Waals surface area (Å²) >= 11 is 0. The van der Waals surface area contributed by atoms with E-state index < -0.39 is 0 Å². The molecule has 0 spiro atoms. The summed E-state index contributed by atoms with van der Waals surface area (Å²) < 4.78 is 0. The molecule has 0 amide bonds. The standard InChI is InChI=1S/C49H42N2/c1-4-34-31-35-33-45(51(38-23-12-7-13-24-38)44-30-18-29-43-48(44)41-27-16-17-28-42(41)49(43,2)3)39-25-14-15-26-40(39)47(35)46(32-34)50(36-19-8-5-9-20-36)37-21-10-6-11-22-37/h4-17,19-28,31-33,43H,1,18,29-30H2,2-3H3. The summed E-state index contributed by atoms with van der Waals surface area (Å²) in [5.74, 6) is 0.473. The molecule has 0 N–H and O–H groups in total. The number of hydrogen-bond donors (Lipinski definition) is 0. The lowest BCUT2D eigenvalue weighted by atomic mass is 9.72. The second kappa shape index (κ2) is 12.5. The summed E-state index contributed by atoms with van der Waals surface area (Å²) in [6.07, 6.45) is 5.40. The van der Waals surface area contributed by atoms with Crippen LogP contribution in [0.15, 0.2) is 170 Å². The molecule has 0 radical (unpaired) electrons. The number of para-hydroxylation sites is 3. The second-order valence-corrected chi connectivity index (χ2v) is 14.5. The molecule has 0 aliphatic heterocycles. The first kappa shape index (κ1) is 31.1. The van der Waals surface area contributed by atoms with E-state index in [1.807, 2.05) is 6.08 Å². The largest absolute Gasteiger partial charge is 0.313 e. The van der Waals surface area contributed by atoms with Crippen LogP contribution in [0.25, 0.3) is 33.2 Å². The van der Waals surface area contributed by atoms with E-state index in [1.54, 1.807) is 0 Å². The van der Waals surface area contributed by atoms with E-state index in [2.05, 4.69) is 188 Å². The van der Waals surface area contributed by atoms with Gasteiger partial charge in [0.05, 0.1) is 11.4 Å². The molecule has 0 saturated heterocycles. The molecule has 2 aliphatic carbocycles. The third-order valence-corrected chi connectivity index (χ3v) is 11.3. The van der Waals surface area contributed by atoms with Gasteiger partial charge >= 0.3 is 0 Å². The van der Waals surface area contributed by atoms with Crippen LogP contribution in [0.3, 0.4) is 0 Å². The zero-order chi connectivity index (χ0) is 34.5. The highest BCUT2D eigenvalue weighted by atomic mass is 15.2. The predicted molar refractivity (Wildman–Crippen MR) is 219 cm³/mol. The van der Waals surface area contributed by atoms with Crippen molar-refractivity contribution in [2.45, 2.75) is 38.5 Å². The van der Waals surface area contributed by atoms with Crippen molar-refractivity contribution in [1.29, 1.82) is 0 Å². The fraction of sp³-hybridized carbons (Fsp3) is 0.143. The van der Waals surface area contributed by atoms with E-state index in [4.69, 9.17) is 0 Å². The summed E-state index contributed by atoms with van der Waals surface area (Å²) in [4.78, 5) is 5.00.